The molecule has 0 atom stereocenters. The number of furan rings is 1. The fourth-order valence-electron chi connectivity index (χ4n) is 3.37. The third kappa shape index (κ3) is 5.63. The monoisotopic (exact) mass is 356 g/mol. The number of piperidine rings is 1. The number of rotatable bonds is 8. The summed E-state index contributed by atoms with van der Waals surface area (Å²) in [6.45, 7) is 3.80. The van der Waals surface area contributed by atoms with Crippen LogP contribution in [-0.4, -0.2) is 37.6 Å². The van der Waals surface area contributed by atoms with Gasteiger partial charge in [-0.05, 0) is 68.1 Å². The number of amides is 1. The summed E-state index contributed by atoms with van der Waals surface area (Å²) in [4.78, 5) is 14.5. The molecular weight excluding hydrogens is 328 g/mol. The summed E-state index contributed by atoms with van der Waals surface area (Å²) in [5.41, 5.74) is 1.16. The molecule has 1 N–H and O–H groups in total. The first-order chi connectivity index (χ1) is 12.7. The summed E-state index contributed by atoms with van der Waals surface area (Å²) in [5, 5.41) is 3.10. The van der Waals surface area contributed by atoms with E-state index in [0.29, 0.717) is 12.3 Å². The van der Waals surface area contributed by atoms with Gasteiger partial charge in [-0.1, -0.05) is 12.1 Å². The first kappa shape index (κ1) is 18.5. The number of benzene rings is 1. The van der Waals surface area contributed by atoms with E-state index in [2.05, 4.69) is 10.2 Å². The molecule has 5 nitrogen and oxygen atoms in total. The number of hydrogen-bond donors (Lipinski definition) is 1. The molecule has 1 aliphatic heterocycles. The zero-order valence-corrected chi connectivity index (χ0v) is 15.4. The first-order valence-electron chi connectivity index (χ1n) is 9.37. The van der Waals surface area contributed by atoms with E-state index in [4.69, 9.17) is 9.15 Å². The average molecular weight is 356 g/mol. The van der Waals surface area contributed by atoms with Crippen molar-refractivity contribution in [1.82, 2.24) is 10.2 Å². The number of methoxy groups -OCH3 is 1. The van der Waals surface area contributed by atoms with Crippen molar-refractivity contribution in [2.24, 2.45) is 5.92 Å². The van der Waals surface area contributed by atoms with Gasteiger partial charge in [0.1, 0.15) is 11.5 Å². The van der Waals surface area contributed by atoms with Crippen LogP contribution < -0.4 is 10.1 Å². The zero-order valence-electron chi connectivity index (χ0n) is 15.4. The molecule has 3 rings (SSSR count). The Hall–Kier alpha value is -2.27. The number of carbonyl (C=O) groups is 1. The summed E-state index contributed by atoms with van der Waals surface area (Å²) < 4.78 is 10.6. The average Bonchev–Trinajstić information content (AvgIpc) is 3.19. The molecule has 1 fully saturated rings. The van der Waals surface area contributed by atoms with E-state index >= 15 is 0 Å². The van der Waals surface area contributed by atoms with E-state index in [-0.39, 0.29) is 5.91 Å². The van der Waals surface area contributed by atoms with Crippen LogP contribution in [0.3, 0.4) is 0 Å². The fraction of sp³-hybridized carbons (Fsp3) is 0.476. The Bertz CT molecular complexity index is 659. The number of hydrogen-bond acceptors (Lipinski definition) is 4. The van der Waals surface area contributed by atoms with Crippen LogP contribution >= 0.6 is 0 Å². The molecule has 0 unspecified atom stereocenters. The van der Waals surface area contributed by atoms with E-state index in [0.717, 1.165) is 62.5 Å². The van der Waals surface area contributed by atoms with Gasteiger partial charge in [-0.2, -0.15) is 0 Å². The van der Waals surface area contributed by atoms with E-state index in [1.807, 2.05) is 36.4 Å². The molecule has 0 bridgehead atoms. The molecular formula is C21H28N2O3. The third-order valence-corrected chi connectivity index (χ3v) is 5.05. The minimum atomic E-state index is 0.138. The van der Waals surface area contributed by atoms with Crippen molar-refractivity contribution >= 4 is 5.91 Å². The van der Waals surface area contributed by atoms with E-state index < -0.39 is 0 Å². The lowest BCUT2D eigenvalue weighted by Crippen LogP contribution is -2.38. The lowest BCUT2D eigenvalue weighted by molar-refractivity contribution is -0.121. The topological polar surface area (TPSA) is 54.7 Å². The maximum absolute atomic E-state index is 12.1. The molecule has 1 aromatic carbocycles. The molecule has 140 valence electrons. The second-order valence-corrected chi connectivity index (χ2v) is 6.95. The number of aryl methyl sites for hydroxylation is 1. The van der Waals surface area contributed by atoms with Gasteiger partial charge in [-0.3, -0.25) is 9.69 Å². The Morgan fingerprint density at radius 2 is 2.00 bits per heavy atom. The maximum atomic E-state index is 12.1. The molecule has 1 aromatic heterocycles. The first-order valence-corrected chi connectivity index (χ1v) is 9.37. The van der Waals surface area contributed by atoms with Crippen molar-refractivity contribution in [2.75, 3.05) is 26.7 Å². The van der Waals surface area contributed by atoms with Gasteiger partial charge in [0.25, 0.3) is 0 Å². The zero-order chi connectivity index (χ0) is 18.2. The van der Waals surface area contributed by atoms with Gasteiger partial charge >= 0.3 is 0 Å². The Morgan fingerprint density at radius 1 is 1.23 bits per heavy atom. The Labute approximate surface area is 155 Å². The van der Waals surface area contributed by atoms with Crippen LogP contribution in [0.2, 0.25) is 0 Å². The van der Waals surface area contributed by atoms with Gasteiger partial charge in [-0.15, -0.1) is 0 Å². The molecule has 1 aliphatic rings. The summed E-state index contributed by atoms with van der Waals surface area (Å²) in [7, 11) is 1.66. The fourth-order valence-corrected chi connectivity index (χ4v) is 3.37. The van der Waals surface area contributed by atoms with Gasteiger partial charge < -0.3 is 14.5 Å². The largest absolute Gasteiger partial charge is 0.497 e. The molecule has 26 heavy (non-hydrogen) atoms. The van der Waals surface area contributed by atoms with Crippen LogP contribution in [0, 0.1) is 5.92 Å². The molecule has 0 saturated carbocycles. The lowest BCUT2D eigenvalue weighted by atomic mass is 9.96. The van der Waals surface area contributed by atoms with Crippen LogP contribution in [0.4, 0.5) is 0 Å². The van der Waals surface area contributed by atoms with Gasteiger partial charge in [0.15, 0.2) is 0 Å². The summed E-state index contributed by atoms with van der Waals surface area (Å²) >= 11 is 0. The smallest absolute Gasteiger partial charge is 0.220 e. The highest BCUT2D eigenvalue weighted by Crippen LogP contribution is 2.19. The number of carbonyl (C=O) groups excluding carboxylic acids is 1. The highest BCUT2D eigenvalue weighted by atomic mass is 16.5. The molecule has 2 aromatic rings. The highest BCUT2D eigenvalue weighted by Gasteiger charge is 2.20. The normalized spacial score (nSPS) is 15.7. The van der Waals surface area contributed by atoms with Crippen molar-refractivity contribution in [3.8, 4) is 5.75 Å². The predicted molar refractivity (Wildman–Crippen MR) is 101 cm³/mol. The van der Waals surface area contributed by atoms with Crippen molar-refractivity contribution in [1.29, 1.82) is 0 Å². The van der Waals surface area contributed by atoms with Gasteiger partial charge in [0, 0.05) is 13.0 Å². The van der Waals surface area contributed by atoms with Gasteiger partial charge in [0.05, 0.1) is 19.9 Å². The molecule has 1 saturated heterocycles. The van der Waals surface area contributed by atoms with E-state index in [1.165, 1.54) is 0 Å². The third-order valence-electron chi connectivity index (χ3n) is 5.05. The SMILES string of the molecule is COc1ccc(CCC(=O)NCC2CCN(Cc3ccco3)CC2)cc1. The number of likely N-dealkylation sites (tertiary alicyclic amines) is 1. The summed E-state index contributed by atoms with van der Waals surface area (Å²) in [5.74, 6) is 2.58. The minimum Gasteiger partial charge on any atom is -0.497 e. The van der Waals surface area contributed by atoms with Crippen LogP contribution in [0.1, 0.15) is 30.6 Å². The summed E-state index contributed by atoms with van der Waals surface area (Å²) in [6, 6.07) is 11.9. The van der Waals surface area contributed by atoms with Crippen molar-refractivity contribution in [3.05, 3.63) is 54.0 Å². The Kier molecular flexibility index (Phi) is 6.72. The number of ether oxygens (including phenoxy) is 1. The molecule has 2 heterocycles. The number of nitrogens with zero attached hydrogens (tertiary/aromatic N) is 1. The van der Waals surface area contributed by atoms with E-state index in [1.54, 1.807) is 13.4 Å². The van der Waals surface area contributed by atoms with E-state index in [9.17, 15) is 4.79 Å². The van der Waals surface area contributed by atoms with Crippen molar-refractivity contribution < 1.29 is 13.9 Å². The van der Waals surface area contributed by atoms with Gasteiger partial charge in [0.2, 0.25) is 5.91 Å². The quantitative estimate of drug-likeness (QED) is 0.789. The molecule has 5 heteroatoms. The summed E-state index contributed by atoms with van der Waals surface area (Å²) in [6.07, 6.45) is 5.27. The molecule has 0 spiro atoms. The van der Waals surface area contributed by atoms with Crippen LogP contribution in [-0.2, 0) is 17.8 Å². The Morgan fingerprint density at radius 3 is 2.65 bits per heavy atom. The van der Waals surface area contributed by atoms with Crippen LogP contribution in [0.15, 0.2) is 47.1 Å². The maximum Gasteiger partial charge on any atom is 0.220 e. The Balaban J connectivity index is 1.31. The van der Waals surface area contributed by atoms with Crippen LogP contribution in [0.25, 0.3) is 0 Å². The van der Waals surface area contributed by atoms with Crippen LogP contribution in [0.5, 0.6) is 5.75 Å². The lowest BCUT2D eigenvalue weighted by Gasteiger charge is -2.31. The van der Waals surface area contributed by atoms with Gasteiger partial charge in [-0.25, -0.2) is 0 Å². The number of nitrogens with one attached hydrogen (secondary N) is 1. The molecule has 0 aliphatic carbocycles. The second kappa shape index (κ2) is 9.43. The second-order valence-electron chi connectivity index (χ2n) is 6.95. The van der Waals surface area contributed by atoms with Crippen molar-refractivity contribution in [3.63, 3.8) is 0 Å². The van der Waals surface area contributed by atoms with Crippen molar-refractivity contribution in [2.45, 2.75) is 32.2 Å². The highest BCUT2D eigenvalue weighted by molar-refractivity contribution is 5.76. The standard InChI is InChI=1S/C21H28N2O3/c1-25-19-7-4-17(5-8-19)6-9-21(24)22-15-18-10-12-23(13-11-18)16-20-3-2-14-26-20/h2-5,7-8,14,18H,6,9-13,15-16H2,1H3,(H,22,24). The molecule has 0 radical (unpaired) electrons. The predicted octanol–water partition coefficient (Wildman–Crippen LogP) is 3.25. The minimum absolute atomic E-state index is 0.138. The molecule has 1 amide bonds.